The summed E-state index contributed by atoms with van der Waals surface area (Å²) in [5.74, 6) is -2.45. The fourth-order valence-electron chi connectivity index (χ4n) is 2.03. The molecule has 1 aromatic heterocycles. The molecule has 1 saturated carbocycles. The number of nitrogens with zero attached hydrogens (tertiary/aromatic N) is 2. The SMILES string of the molecule is CC.Cc1ccnn1C1CCC(F)(F)CC1. The van der Waals surface area contributed by atoms with Gasteiger partial charge in [-0.1, -0.05) is 13.8 Å². The number of alkyl halides is 2. The van der Waals surface area contributed by atoms with Gasteiger partial charge in [-0.25, -0.2) is 8.78 Å². The van der Waals surface area contributed by atoms with E-state index in [0.717, 1.165) is 5.69 Å². The lowest BCUT2D eigenvalue weighted by Gasteiger charge is -2.29. The van der Waals surface area contributed by atoms with Crippen molar-refractivity contribution in [3.8, 4) is 0 Å². The summed E-state index contributed by atoms with van der Waals surface area (Å²) in [6.45, 7) is 5.96. The van der Waals surface area contributed by atoms with Crippen molar-refractivity contribution in [3.63, 3.8) is 0 Å². The second kappa shape index (κ2) is 5.41. The van der Waals surface area contributed by atoms with E-state index in [2.05, 4.69) is 5.10 Å². The normalized spacial score (nSPS) is 20.1. The minimum Gasteiger partial charge on any atom is -0.267 e. The lowest BCUT2D eigenvalue weighted by atomic mass is 9.92. The number of hydrogen-bond acceptors (Lipinski definition) is 1. The van der Waals surface area contributed by atoms with Crippen molar-refractivity contribution in [2.45, 2.75) is 58.4 Å². The van der Waals surface area contributed by atoms with Gasteiger partial charge < -0.3 is 0 Å². The van der Waals surface area contributed by atoms with Crippen molar-refractivity contribution < 1.29 is 8.78 Å². The Hall–Kier alpha value is -0.930. The Bertz CT molecular complexity index is 311. The molecule has 0 unspecified atom stereocenters. The van der Waals surface area contributed by atoms with Crippen LogP contribution in [0.5, 0.6) is 0 Å². The van der Waals surface area contributed by atoms with Gasteiger partial charge in [0, 0.05) is 24.7 Å². The molecular formula is C12H20F2N2. The third kappa shape index (κ3) is 3.03. The minimum absolute atomic E-state index is 0.00301. The van der Waals surface area contributed by atoms with E-state index in [4.69, 9.17) is 0 Å². The minimum atomic E-state index is -2.45. The van der Waals surface area contributed by atoms with Crippen molar-refractivity contribution in [1.82, 2.24) is 9.78 Å². The Morgan fingerprint density at radius 2 is 1.88 bits per heavy atom. The molecule has 1 aliphatic carbocycles. The van der Waals surface area contributed by atoms with E-state index in [1.54, 1.807) is 6.20 Å². The first kappa shape index (κ1) is 13.1. The quantitative estimate of drug-likeness (QED) is 0.713. The maximum atomic E-state index is 12.9. The number of aryl methyl sites for hydroxylation is 1. The molecule has 0 aliphatic heterocycles. The van der Waals surface area contributed by atoms with Gasteiger partial charge in [0.1, 0.15) is 0 Å². The molecular weight excluding hydrogens is 210 g/mol. The Morgan fingerprint density at radius 1 is 1.31 bits per heavy atom. The second-order valence-electron chi connectivity index (χ2n) is 4.00. The highest BCUT2D eigenvalue weighted by molar-refractivity contribution is 4.99. The van der Waals surface area contributed by atoms with E-state index in [0.29, 0.717) is 12.8 Å². The van der Waals surface area contributed by atoms with Gasteiger partial charge in [-0.2, -0.15) is 5.10 Å². The molecule has 1 heterocycles. The van der Waals surface area contributed by atoms with Crippen LogP contribution >= 0.6 is 0 Å². The van der Waals surface area contributed by atoms with Gasteiger partial charge in [-0.3, -0.25) is 4.68 Å². The predicted molar refractivity (Wildman–Crippen MR) is 60.8 cm³/mol. The van der Waals surface area contributed by atoms with E-state index < -0.39 is 5.92 Å². The zero-order chi connectivity index (χ0) is 12.2. The number of hydrogen-bond donors (Lipinski definition) is 0. The van der Waals surface area contributed by atoms with Crippen molar-refractivity contribution in [2.24, 2.45) is 0 Å². The molecule has 0 radical (unpaired) electrons. The molecule has 1 aromatic rings. The lowest BCUT2D eigenvalue weighted by molar-refractivity contribution is -0.0451. The molecule has 92 valence electrons. The van der Waals surface area contributed by atoms with E-state index >= 15 is 0 Å². The summed E-state index contributed by atoms with van der Waals surface area (Å²) in [4.78, 5) is 0. The van der Waals surface area contributed by atoms with Gasteiger partial charge in [0.2, 0.25) is 5.92 Å². The monoisotopic (exact) mass is 230 g/mol. The summed E-state index contributed by atoms with van der Waals surface area (Å²) >= 11 is 0. The summed E-state index contributed by atoms with van der Waals surface area (Å²) in [5.41, 5.74) is 1.06. The van der Waals surface area contributed by atoms with E-state index in [9.17, 15) is 8.78 Å². The standard InChI is InChI=1S/C10H14F2N2.C2H6/c1-8-4-7-13-14(8)9-2-5-10(11,12)6-3-9;1-2/h4,7,9H,2-3,5-6H2,1H3;1-2H3. The highest BCUT2D eigenvalue weighted by Crippen LogP contribution is 2.38. The van der Waals surface area contributed by atoms with E-state index in [-0.39, 0.29) is 18.9 Å². The smallest absolute Gasteiger partial charge is 0.248 e. The molecule has 2 rings (SSSR count). The Balaban J connectivity index is 0.000000606. The molecule has 1 aliphatic rings. The molecule has 0 bridgehead atoms. The fourth-order valence-corrected chi connectivity index (χ4v) is 2.03. The van der Waals surface area contributed by atoms with Crippen LogP contribution in [-0.2, 0) is 0 Å². The fraction of sp³-hybridized carbons (Fsp3) is 0.750. The first-order valence-electron chi connectivity index (χ1n) is 5.96. The average Bonchev–Trinajstić information content (AvgIpc) is 2.68. The lowest BCUT2D eigenvalue weighted by Crippen LogP contribution is -2.27. The van der Waals surface area contributed by atoms with Crippen LogP contribution in [0.25, 0.3) is 0 Å². The van der Waals surface area contributed by atoms with Crippen LogP contribution in [0.2, 0.25) is 0 Å². The highest BCUT2D eigenvalue weighted by Gasteiger charge is 2.35. The van der Waals surface area contributed by atoms with Gasteiger partial charge in [0.05, 0.1) is 6.04 Å². The maximum absolute atomic E-state index is 12.9. The molecule has 0 aromatic carbocycles. The van der Waals surface area contributed by atoms with Gasteiger partial charge in [0.15, 0.2) is 0 Å². The average molecular weight is 230 g/mol. The zero-order valence-electron chi connectivity index (χ0n) is 10.2. The molecule has 16 heavy (non-hydrogen) atoms. The summed E-state index contributed by atoms with van der Waals surface area (Å²) in [6, 6.07) is 2.08. The molecule has 2 nitrogen and oxygen atoms in total. The molecule has 0 N–H and O–H groups in total. The zero-order valence-corrected chi connectivity index (χ0v) is 10.2. The van der Waals surface area contributed by atoms with Crippen molar-refractivity contribution in [3.05, 3.63) is 18.0 Å². The molecule has 0 spiro atoms. The number of halogens is 2. The summed E-state index contributed by atoms with van der Waals surface area (Å²) in [7, 11) is 0. The molecule has 0 amide bonds. The Labute approximate surface area is 95.7 Å². The topological polar surface area (TPSA) is 17.8 Å². The van der Waals surface area contributed by atoms with Crippen LogP contribution in [0.4, 0.5) is 8.78 Å². The van der Waals surface area contributed by atoms with E-state index in [1.165, 1.54) is 0 Å². The summed E-state index contributed by atoms with van der Waals surface area (Å²) in [6.07, 6.45) is 2.79. The van der Waals surface area contributed by atoms with Gasteiger partial charge >= 0.3 is 0 Å². The largest absolute Gasteiger partial charge is 0.267 e. The van der Waals surface area contributed by atoms with Gasteiger partial charge in [-0.15, -0.1) is 0 Å². The van der Waals surface area contributed by atoms with Crippen LogP contribution in [0.1, 0.15) is 51.3 Å². The van der Waals surface area contributed by atoms with Crippen molar-refractivity contribution in [1.29, 1.82) is 0 Å². The van der Waals surface area contributed by atoms with Crippen LogP contribution in [-0.4, -0.2) is 15.7 Å². The van der Waals surface area contributed by atoms with Crippen LogP contribution in [0.15, 0.2) is 12.3 Å². The van der Waals surface area contributed by atoms with Gasteiger partial charge in [-0.05, 0) is 25.8 Å². The van der Waals surface area contributed by atoms with Gasteiger partial charge in [0.25, 0.3) is 0 Å². The number of rotatable bonds is 1. The molecule has 0 saturated heterocycles. The first-order valence-corrected chi connectivity index (χ1v) is 5.96. The van der Waals surface area contributed by atoms with Crippen molar-refractivity contribution >= 4 is 0 Å². The van der Waals surface area contributed by atoms with E-state index in [1.807, 2.05) is 31.5 Å². The molecule has 4 heteroatoms. The van der Waals surface area contributed by atoms with Crippen molar-refractivity contribution in [2.75, 3.05) is 0 Å². The maximum Gasteiger partial charge on any atom is 0.248 e. The molecule has 1 fully saturated rings. The third-order valence-corrected chi connectivity index (χ3v) is 2.90. The second-order valence-corrected chi connectivity index (χ2v) is 4.00. The Morgan fingerprint density at radius 3 is 2.31 bits per heavy atom. The molecule has 0 atom stereocenters. The van der Waals surface area contributed by atoms with Crippen LogP contribution in [0.3, 0.4) is 0 Å². The Kier molecular flexibility index (Phi) is 4.44. The third-order valence-electron chi connectivity index (χ3n) is 2.90. The predicted octanol–water partition coefficient (Wildman–Crippen LogP) is 3.97. The number of aromatic nitrogens is 2. The highest BCUT2D eigenvalue weighted by atomic mass is 19.3. The summed E-state index contributed by atoms with van der Waals surface area (Å²) < 4.78 is 27.7. The first-order chi connectivity index (χ1) is 7.58. The van der Waals surface area contributed by atoms with Crippen LogP contribution < -0.4 is 0 Å². The van der Waals surface area contributed by atoms with Crippen LogP contribution in [0, 0.1) is 6.92 Å². The summed E-state index contributed by atoms with van der Waals surface area (Å²) in [5, 5.41) is 4.16.